The van der Waals surface area contributed by atoms with E-state index in [2.05, 4.69) is 21.2 Å². The molecule has 0 heterocycles. The van der Waals surface area contributed by atoms with Crippen molar-refractivity contribution in [3.63, 3.8) is 0 Å². The zero-order valence-electron chi connectivity index (χ0n) is 7.40. The van der Waals surface area contributed by atoms with Gasteiger partial charge in [0.05, 0.1) is 4.47 Å². The molecule has 0 fully saturated rings. The Morgan fingerprint density at radius 1 is 1.64 bits per heavy atom. The molecule has 0 aliphatic carbocycles. The molecule has 0 bridgehead atoms. The molecule has 0 aromatic heterocycles. The van der Waals surface area contributed by atoms with E-state index in [1.165, 1.54) is 6.07 Å². The summed E-state index contributed by atoms with van der Waals surface area (Å²) in [6, 6.07) is 2.90. The number of alkyl halides is 1. The molecule has 1 aromatic carbocycles. The lowest BCUT2D eigenvalue weighted by atomic mass is 10.2. The van der Waals surface area contributed by atoms with Crippen molar-refractivity contribution in [3.05, 3.63) is 28.0 Å². The van der Waals surface area contributed by atoms with Crippen molar-refractivity contribution in [2.75, 3.05) is 11.2 Å². The molecule has 2 nitrogen and oxygen atoms in total. The topological polar surface area (TPSA) is 29.1 Å². The van der Waals surface area contributed by atoms with Gasteiger partial charge in [-0.2, -0.15) is 0 Å². The molecule has 14 heavy (non-hydrogen) atoms. The van der Waals surface area contributed by atoms with Crippen molar-refractivity contribution < 1.29 is 9.18 Å². The van der Waals surface area contributed by atoms with Gasteiger partial charge in [0.15, 0.2) is 0 Å². The van der Waals surface area contributed by atoms with E-state index in [4.69, 9.17) is 11.6 Å². The Bertz CT molecular complexity index is 347. The van der Waals surface area contributed by atoms with Crippen LogP contribution in [0.5, 0.6) is 0 Å². The molecule has 0 saturated heterocycles. The minimum atomic E-state index is -0.408. The number of halogens is 3. The first-order valence-electron chi connectivity index (χ1n) is 3.86. The highest BCUT2D eigenvalue weighted by Gasteiger charge is 2.06. The van der Waals surface area contributed by atoms with Crippen LogP contribution in [0, 0.1) is 12.7 Å². The highest BCUT2D eigenvalue weighted by atomic mass is 79.9. The molecule has 0 atom stereocenters. The Morgan fingerprint density at radius 2 is 2.29 bits per heavy atom. The van der Waals surface area contributed by atoms with E-state index < -0.39 is 5.82 Å². The zero-order valence-corrected chi connectivity index (χ0v) is 9.75. The second-order valence-corrected chi connectivity index (χ2v) is 3.83. The summed E-state index contributed by atoms with van der Waals surface area (Å²) >= 11 is 8.38. The Hall–Kier alpha value is -0.610. The minimum Gasteiger partial charge on any atom is -0.325 e. The van der Waals surface area contributed by atoms with Crippen LogP contribution >= 0.6 is 27.5 Å². The number of rotatable bonds is 2. The van der Waals surface area contributed by atoms with Gasteiger partial charge in [-0.15, -0.1) is 11.6 Å². The predicted octanol–water partition coefficient (Wildman–Crippen LogP) is 3.07. The first kappa shape index (κ1) is 11.5. The third kappa shape index (κ3) is 2.69. The van der Waals surface area contributed by atoms with Crippen molar-refractivity contribution in [2.45, 2.75) is 6.92 Å². The van der Waals surface area contributed by atoms with Crippen molar-refractivity contribution in [1.82, 2.24) is 0 Å². The first-order chi connectivity index (χ1) is 6.54. The third-order valence-corrected chi connectivity index (χ3v) is 2.86. The van der Waals surface area contributed by atoms with Crippen LogP contribution in [0.25, 0.3) is 0 Å². The third-order valence-electron chi connectivity index (χ3n) is 1.62. The van der Waals surface area contributed by atoms with Gasteiger partial charge in [0.2, 0.25) is 5.91 Å². The number of benzene rings is 1. The van der Waals surface area contributed by atoms with E-state index in [-0.39, 0.29) is 11.8 Å². The van der Waals surface area contributed by atoms with Gasteiger partial charge >= 0.3 is 0 Å². The van der Waals surface area contributed by atoms with Crippen LogP contribution in [-0.4, -0.2) is 11.8 Å². The number of carbonyl (C=O) groups excluding carboxylic acids is 1. The average Bonchev–Trinajstić information content (AvgIpc) is 2.14. The van der Waals surface area contributed by atoms with E-state index in [9.17, 15) is 9.18 Å². The molecule has 1 N–H and O–H groups in total. The highest BCUT2D eigenvalue weighted by molar-refractivity contribution is 9.10. The van der Waals surface area contributed by atoms with Crippen LogP contribution in [0.2, 0.25) is 0 Å². The van der Waals surface area contributed by atoms with E-state index in [1.807, 2.05) is 0 Å². The minimum absolute atomic E-state index is 0.142. The standard InChI is InChI=1S/C9H8BrClFNO/c1-5-2-6(13-8(14)4-11)3-7(12)9(5)10/h2-3H,4H2,1H3,(H,13,14). The average molecular weight is 281 g/mol. The van der Waals surface area contributed by atoms with Crippen molar-refractivity contribution in [3.8, 4) is 0 Å². The largest absolute Gasteiger partial charge is 0.325 e. The fourth-order valence-electron chi connectivity index (χ4n) is 0.993. The van der Waals surface area contributed by atoms with Gasteiger partial charge in [0, 0.05) is 5.69 Å². The fraction of sp³-hybridized carbons (Fsp3) is 0.222. The maximum Gasteiger partial charge on any atom is 0.239 e. The number of amides is 1. The van der Waals surface area contributed by atoms with E-state index in [1.54, 1.807) is 13.0 Å². The molecule has 1 amide bonds. The van der Waals surface area contributed by atoms with Gasteiger partial charge in [0.1, 0.15) is 11.7 Å². The summed E-state index contributed by atoms with van der Waals surface area (Å²) in [6.45, 7) is 1.74. The molecule has 0 spiro atoms. The van der Waals surface area contributed by atoms with Gasteiger partial charge in [0.25, 0.3) is 0 Å². The van der Waals surface area contributed by atoms with Crippen LogP contribution in [-0.2, 0) is 4.79 Å². The van der Waals surface area contributed by atoms with Crippen LogP contribution in [0.15, 0.2) is 16.6 Å². The lowest BCUT2D eigenvalue weighted by molar-refractivity contribution is -0.113. The molecule has 5 heteroatoms. The number of hydrogen-bond donors (Lipinski definition) is 1. The molecular formula is C9H8BrClFNO. The quantitative estimate of drug-likeness (QED) is 0.829. The highest BCUT2D eigenvalue weighted by Crippen LogP contribution is 2.24. The van der Waals surface area contributed by atoms with Gasteiger partial charge in [-0.25, -0.2) is 4.39 Å². The lowest BCUT2D eigenvalue weighted by Crippen LogP contribution is -2.12. The summed E-state index contributed by atoms with van der Waals surface area (Å²) in [5.41, 5.74) is 1.13. The van der Waals surface area contributed by atoms with E-state index >= 15 is 0 Å². The summed E-state index contributed by atoms with van der Waals surface area (Å²) < 4.78 is 13.6. The number of nitrogens with one attached hydrogen (secondary N) is 1. The van der Waals surface area contributed by atoms with Crippen LogP contribution < -0.4 is 5.32 Å². The van der Waals surface area contributed by atoms with E-state index in [0.717, 1.165) is 5.56 Å². The summed E-state index contributed by atoms with van der Waals surface area (Å²) in [5, 5.41) is 2.47. The van der Waals surface area contributed by atoms with Gasteiger partial charge < -0.3 is 5.32 Å². The summed E-state index contributed by atoms with van der Waals surface area (Å²) in [6.07, 6.45) is 0. The van der Waals surface area contributed by atoms with Crippen molar-refractivity contribution in [1.29, 1.82) is 0 Å². The smallest absolute Gasteiger partial charge is 0.239 e. The number of aryl methyl sites for hydroxylation is 1. The Morgan fingerprint density at radius 3 is 2.79 bits per heavy atom. The molecule has 1 aromatic rings. The number of anilines is 1. The summed E-state index contributed by atoms with van der Waals surface area (Å²) in [7, 11) is 0. The monoisotopic (exact) mass is 279 g/mol. The fourth-order valence-corrected chi connectivity index (χ4v) is 1.29. The van der Waals surface area contributed by atoms with Crippen LogP contribution in [0.1, 0.15) is 5.56 Å². The molecule has 1 rings (SSSR count). The summed E-state index contributed by atoms with van der Waals surface area (Å²) in [4.78, 5) is 10.9. The predicted molar refractivity (Wildman–Crippen MR) is 58.2 cm³/mol. The molecular weight excluding hydrogens is 272 g/mol. The molecule has 0 aliphatic rings. The Balaban J connectivity index is 2.95. The van der Waals surface area contributed by atoms with Gasteiger partial charge in [-0.3, -0.25) is 4.79 Å². The normalized spacial score (nSPS) is 10.0. The van der Waals surface area contributed by atoms with Crippen molar-refractivity contribution in [2.24, 2.45) is 0 Å². The molecule has 0 saturated carbocycles. The molecule has 0 aliphatic heterocycles. The van der Waals surface area contributed by atoms with Crippen molar-refractivity contribution >= 4 is 39.1 Å². The maximum atomic E-state index is 13.2. The first-order valence-corrected chi connectivity index (χ1v) is 5.19. The van der Waals surface area contributed by atoms with Gasteiger partial charge in [-0.1, -0.05) is 0 Å². The van der Waals surface area contributed by atoms with Gasteiger partial charge in [-0.05, 0) is 40.5 Å². The zero-order chi connectivity index (χ0) is 10.7. The van der Waals surface area contributed by atoms with Crippen LogP contribution in [0.3, 0.4) is 0 Å². The number of hydrogen-bond acceptors (Lipinski definition) is 1. The second kappa shape index (κ2) is 4.75. The second-order valence-electron chi connectivity index (χ2n) is 2.77. The summed E-state index contributed by atoms with van der Waals surface area (Å²) in [5.74, 6) is -0.904. The maximum absolute atomic E-state index is 13.2. The lowest BCUT2D eigenvalue weighted by Gasteiger charge is -2.06. The molecule has 0 unspecified atom stereocenters. The Labute approximate surface area is 94.6 Å². The SMILES string of the molecule is Cc1cc(NC(=O)CCl)cc(F)c1Br. The van der Waals surface area contributed by atoms with Crippen LogP contribution in [0.4, 0.5) is 10.1 Å². The molecule has 0 radical (unpaired) electrons. The number of carbonyl (C=O) groups is 1. The Kier molecular flexibility index (Phi) is 3.89. The molecule has 76 valence electrons. The van der Waals surface area contributed by atoms with E-state index in [0.29, 0.717) is 10.2 Å².